The molecule has 2 aliphatic rings. The Hall–Kier alpha value is -2.67. The Morgan fingerprint density at radius 2 is 1.77 bits per heavy atom. The lowest BCUT2D eigenvalue weighted by Gasteiger charge is -2.21. The summed E-state index contributed by atoms with van der Waals surface area (Å²) in [6, 6.07) is 8.49. The number of aryl methyl sites for hydroxylation is 1. The third-order valence-corrected chi connectivity index (χ3v) is 5.42. The second-order valence-corrected chi connectivity index (χ2v) is 7.43. The van der Waals surface area contributed by atoms with Crippen molar-refractivity contribution in [1.82, 2.24) is 19.6 Å². The molecule has 0 saturated carbocycles. The first kappa shape index (κ1) is 16.8. The number of likely N-dealkylation sites (tertiary alicyclic amines) is 2. The number of hydrogen-bond acceptors (Lipinski definition) is 4. The van der Waals surface area contributed by atoms with Gasteiger partial charge in [-0.1, -0.05) is 29.8 Å². The van der Waals surface area contributed by atoms with Crippen LogP contribution in [0.15, 0.2) is 36.7 Å². The topological polar surface area (TPSA) is 84.5 Å². The molecule has 2 unspecified atom stereocenters. The first-order valence-electron chi connectivity index (χ1n) is 8.91. The molecule has 136 valence electrons. The lowest BCUT2D eigenvalue weighted by Crippen LogP contribution is -2.36. The molecule has 2 N–H and O–H groups in total. The predicted octanol–water partition coefficient (Wildman–Crippen LogP) is 1.32. The molecule has 2 aromatic rings. The molecular weight excluding hydrogens is 330 g/mol. The summed E-state index contributed by atoms with van der Waals surface area (Å²) < 4.78 is 1.21. The number of carbonyl (C=O) groups is 2. The fraction of sp³-hybridized carbons (Fsp3) is 0.421. The molecule has 0 spiro atoms. The molecule has 0 bridgehead atoms. The van der Waals surface area contributed by atoms with E-state index in [9.17, 15) is 9.59 Å². The van der Waals surface area contributed by atoms with Gasteiger partial charge in [-0.3, -0.25) is 9.69 Å². The van der Waals surface area contributed by atoms with Crippen molar-refractivity contribution in [3.63, 3.8) is 0 Å². The van der Waals surface area contributed by atoms with Gasteiger partial charge in [-0.15, -0.1) is 0 Å². The number of amides is 2. The molecule has 2 aliphatic heterocycles. The fourth-order valence-corrected chi connectivity index (χ4v) is 4.03. The maximum atomic E-state index is 12.6. The van der Waals surface area contributed by atoms with Gasteiger partial charge in [-0.05, 0) is 24.3 Å². The van der Waals surface area contributed by atoms with Crippen molar-refractivity contribution < 1.29 is 9.59 Å². The molecule has 26 heavy (non-hydrogen) atoms. The van der Waals surface area contributed by atoms with Crippen LogP contribution in [0, 0.1) is 18.8 Å². The standard InChI is InChI=1S/C19H23N5O2/c1-13-2-4-14(5-3-13)7-22-8-16-10-23(11-17(16)9-22)19(26)24-12-15(6-21-24)18(20)25/h2-6,12,16-17H,7-11H2,1H3,(H2,20,25). The van der Waals surface area contributed by atoms with Crippen molar-refractivity contribution in [2.45, 2.75) is 13.5 Å². The first-order chi connectivity index (χ1) is 12.5. The van der Waals surface area contributed by atoms with E-state index in [4.69, 9.17) is 5.73 Å². The normalized spacial score (nSPS) is 22.6. The summed E-state index contributed by atoms with van der Waals surface area (Å²) >= 11 is 0. The monoisotopic (exact) mass is 353 g/mol. The van der Waals surface area contributed by atoms with E-state index in [1.165, 1.54) is 28.2 Å². The van der Waals surface area contributed by atoms with E-state index in [0.717, 1.165) is 32.7 Å². The SMILES string of the molecule is Cc1ccc(CN2CC3CN(C(=O)n4cc(C(N)=O)cn4)CC3C2)cc1. The van der Waals surface area contributed by atoms with Gasteiger partial charge in [-0.25, -0.2) is 4.79 Å². The minimum absolute atomic E-state index is 0.183. The third kappa shape index (κ3) is 3.22. The number of fused-ring (bicyclic) bond motifs is 1. The lowest BCUT2D eigenvalue weighted by atomic mass is 10.0. The smallest absolute Gasteiger partial charge is 0.344 e. The molecule has 7 nitrogen and oxygen atoms in total. The summed E-state index contributed by atoms with van der Waals surface area (Å²) in [4.78, 5) is 28.0. The van der Waals surface area contributed by atoms with Crippen molar-refractivity contribution in [2.24, 2.45) is 17.6 Å². The second kappa shape index (κ2) is 6.57. The molecule has 3 heterocycles. The lowest BCUT2D eigenvalue weighted by molar-refractivity contribution is 0.100. The van der Waals surface area contributed by atoms with Gasteiger partial charge in [0.15, 0.2) is 0 Å². The molecule has 0 aliphatic carbocycles. The number of rotatable bonds is 3. The number of hydrogen-bond donors (Lipinski definition) is 1. The molecule has 2 fully saturated rings. The van der Waals surface area contributed by atoms with Crippen molar-refractivity contribution in [1.29, 1.82) is 0 Å². The van der Waals surface area contributed by atoms with Crippen LogP contribution in [0.5, 0.6) is 0 Å². The van der Waals surface area contributed by atoms with Gasteiger partial charge in [0.2, 0.25) is 0 Å². The predicted molar refractivity (Wildman–Crippen MR) is 96.5 cm³/mol. The van der Waals surface area contributed by atoms with E-state index in [2.05, 4.69) is 41.2 Å². The summed E-state index contributed by atoms with van der Waals surface area (Å²) in [6.45, 7) is 6.55. The van der Waals surface area contributed by atoms with Crippen molar-refractivity contribution in [2.75, 3.05) is 26.2 Å². The molecular formula is C19H23N5O2. The highest BCUT2D eigenvalue weighted by molar-refractivity contribution is 5.93. The van der Waals surface area contributed by atoms with Crippen LogP contribution < -0.4 is 5.73 Å². The average molecular weight is 353 g/mol. The van der Waals surface area contributed by atoms with Crippen LogP contribution in [0.3, 0.4) is 0 Å². The van der Waals surface area contributed by atoms with E-state index in [1.54, 1.807) is 0 Å². The largest absolute Gasteiger partial charge is 0.366 e. The summed E-state index contributed by atoms with van der Waals surface area (Å²) in [5.74, 6) is 0.417. The number of aromatic nitrogens is 2. The van der Waals surface area contributed by atoms with Crippen LogP contribution in [-0.4, -0.2) is 57.7 Å². The third-order valence-electron chi connectivity index (χ3n) is 5.42. The van der Waals surface area contributed by atoms with Gasteiger partial charge in [-0.2, -0.15) is 9.78 Å². The van der Waals surface area contributed by atoms with Crippen LogP contribution in [0.1, 0.15) is 21.5 Å². The zero-order valence-corrected chi connectivity index (χ0v) is 14.8. The van der Waals surface area contributed by atoms with Gasteiger partial charge in [0.1, 0.15) is 0 Å². The molecule has 0 radical (unpaired) electrons. The molecule has 2 atom stereocenters. The average Bonchev–Trinajstić information content (AvgIpc) is 3.30. The van der Waals surface area contributed by atoms with Crippen molar-refractivity contribution in [3.8, 4) is 0 Å². The van der Waals surface area contributed by atoms with Crippen LogP contribution in [0.2, 0.25) is 0 Å². The Kier molecular flexibility index (Phi) is 4.24. The molecule has 7 heteroatoms. The zero-order valence-electron chi connectivity index (χ0n) is 14.8. The Morgan fingerprint density at radius 1 is 1.12 bits per heavy atom. The van der Waals surface area contributed by atoms with E-state index in [1.807, 2.05) is 4.90 Å². The van der Waals surface area contributed by atoms with Gasteiger partial charge in [0.25, 0.3) is 5.91 Å². The number of primary amides is 1. The Bertz CT molecular complexity index is 815. The van der Waals surface area contributed by atoms with Gasteiger partial charge in [0.05, 0.1) is 11.8 Å². The van der Waals surface area contributed by atoms with Gasteiger partial charge >= 0.3 is 6.03 Å². The fourth-order valence-electron chi connectivity index (χ4n) is 4.03. The molecule has 2 saturated heterocycles. The number of nitrogens with zero attached hydrogens (tertiary/aromatic N) is 4. The van der Waals surface area contributed by atoms with Gasteiger partial charge < -0.3 is 10.6 Å². The van der Waals surface area contributed by atoms with Crippen LogP contribution >= 0.6 is 0 Å². The number of benzene rings is 1. The minimum Gasteiger partial charge on any atom is -0.366 e. The van der Waals surface area contributed by atoms with Crippen LogP contribution in [0.4, 0.5) is 4.79 Å². The van der Waals surface area contributed by atoms with E-state index in [-0.39, 0.29) is 11.6 Å². The number of carbonyl (C=O) groups excluding carboxylic acids is 2. The summed E-state index contributed by atoms with van der Waals surface area (Å²) in [5.41, 5.74) is 8.08. The molecule has 4 rings (SSSR count). The zero-order chi connectivity index (χ0) is 18.3. The quantitative estimate of drug-likeness (QED) is 0.902. The maximum absolute atomic E-state index is 12.6. The van der Waals surface area contributed by atoms with Crippen molar-refractivity contribution >= 4 is 11.9 Å². The summed E-state index contributed by atoms with van der Waals surface area (Å²) in [6.07, 6.45) is 2.74. The van der Waals surface area contributed by atoms with E-state index in [0.29, 0.717) is 11.8 Å². The Labute approximate surface area is 152 Å². The minimum atomic E-state index is -0.575. The maximum Gasteiger partial charge on any atom is 0.344 e. The van der Waals surface area contributed by atoms with Crippen LogP contribution in [0.25, 0.3) is 0 Å². The van der Waals surface area contributed by atoms with Crippen LogP contribution in [-0.2, 0) is 6.54 Å². The highest BCUT2D eigenvalue weighted by Gasteiger charge is 2.41. The Morgan fingerprint density at radius 3 is 2.35 bits per heavy atom. The number of nitrogens with two attached hydrogens (primary N) is 1. The molecule has 2 amide bonds. The summed E-state index contributed by atoms with van der Waals surface area (Å²) in [5, 5.41) is 3.97. The molecule has 1 aromatic carbocycles. The summed E-state index contributed by atoms with van der Waals surface area (Å²) in [7, 11) is 0. The Balaban J connectivity index is 1.34. The van der Waals surface area contributed by atoms with E-state index < -0.39 is 5.91 Å². The van der Waals surface area contributed by atoms with Gasteiger partial charge in [0, 0.05) is 38.9 Å². The molecule has 1 aromatic heterocycles. The van der Waals surface area contributed by atoms with Crippen molar-refractivity contribution in [3.05, 3.63) is 53.3 Å². The highest BCUT2D eigenvalue weighted by atomic mass is 16.2. The van der Waals surface area contributed by atoms with E-state index >= 15 is 0 Å². The second-order valence-electron chi connectivity index (χ2n) is 7.43. The highest BCUT2D eigenvalue weighted by Crippen LogP contribution is 2.32. The first-order valence-corrected chi connectivity index (χ1v) is 8.91.